The highest BCUT2D eigenvalue weighted by Crippen LogP contribution is 2.35. The first-order valence-corrected chi connectivity index (χ1v) is 8.90. The summed E-state index contributed by atoms with van der Waals surface area (Å²) in [6, 6.07) is 4.19. The number of rotatable bonds is 5. The zero-order valence-electron chi connectivity index (χ0n) is 16.3. The average molecular weight is 382 g/mol. The minimum atomic E-state index is -0.405. The minimum absolute atomic E-state index is 0.225. The maximum Gasteiger partial charge on any atom is 0.256 e. The third kappa shape index (κ3) is 4.04. The van der Waals surface area contributed by atoms with Gasteiger partial charge in [0.05, 0.1) is 11.3 Å². The topological polar surface area (TPSA) is 77.2 Å². The number of aromatic amines is 1. The van der Waals surface area contributed by atoms with E-state index >= 15 is 0 Å². The Kier molecular flexibility index (Phi) is 5.46. The van der Waals surface area contributed by atoms with E-state index in [4.69, 9.17) is 0 Å². The molecule has 7 heteroatoms. The van der Waals surface area contributed by atoms with Crippen LogP contribution in [-0.2, 0) is 9.59 Å². The first-order chi connectivity index (χ1) is 13.3. The van der Waals surface area contributed by atoms with Crippen LogP contribution in [0.2, 0.25) is 0 Å². The average Bonchev–Trinajstić information content (AvgIpc) is 3.06. The van der Waals surface area contributed by atoms with Gasteiger partial charge in [-0.25, -0.2) is 4.39 Å². The number of fused-ring (bicyclic) bond motifs is 1. The van der Waals surface area contributed by atoms with Crippen molar-refractivity contribution in [3.63, 3.8) is 0 Å². The van der Waals surface area contributed by atoms with Gasteiger partial charge >= 0.3 is 0 Å². The molecule has 2 aromatic rings. The van der Waals surface area contributed by atoms with E-state index in [9.17, 15) is 14.0 Å². The SMILES string of the molecule is Cc1[nH]c(/C=C2\C(=O)Nc3ccc(F)cc32)c(C)c1NC(=O)/C=C/CN(C)C. The van der Waals surface area contributed by atoms with Crippen molar-refractivity contribution in [2.45, 2.75) is 13.8 Å². The van der Waals surface area contributed by atoms with Crippen molar-refractivity contribution < 1.29 is 14.0 Å². The van der Waals surface area contributed by atoms with Gasteiger partial charge in [0.2, 0.25) is 5.91 Å². The maximum atomic E-state index is 13.6. The Hall–Kier alpha value is -3.19. The Labute approximate surface area is 163 Å². The largest absolute Gasteiger partial charge is 0.357 e. The molecule has 1 aliphatic heterocycles. The second-order valence-electron chi connectivity index (χ2n) is 7.02. The second-order valence-corrected chi connectivity index (χ2v) is 7.02. The third-order valence-electron chi connectivity index (χ3n) is 4.52. The molecular formula is C21H23FN4O2. The lowest BCUT2D eigenvalue weighted by Gasteiger charge is -2.05. The summed E-state index contributed by atoms with van der Waals surface area (Å²) in [6.45, 7) is 4.37. The lowest BCUT2D eigenvalue weighted by Crippen LogP contribution is -2.13. The van der Waals surface area contributed by atoms with Crippen LogP contribution >= 0.6 is 0 Å². The second kappa shape index (κ2) is 7.82. The van der Waals surface area contributed by atoms with Gasteiger partial charge in [0, 0.05) is 35.3 Å². The quantitative estimate of drug-likeness (QED) is 0.695. The zero-order chi connectivity index (χ0) is 20.4. The lowest BCUT2D eigenvalue weighted by atomic mass is 10.0. The van der Waals surface area contributed by atoms with Crippen LogP contribution in [0.25, 0.3) is 11.6 Å². The number of nitrogens with zero attached hydrogens (tertiary/aromatic N) is 1. The molecule has 0 unspecified atom stereocenters. The summed E-state index contributed by atoms with van der Waals surface area (Å²) in [4.78, 5) is 29.6. The number of aryl methyl sites for hydroxylation is 1. The van der Waals surface area contributed by atoms with Crippen LogP contribution in [0, 0.1) is 19.7 Å². The molecule has 0 saturated heterocycles. The molecule has 0 aliphatic carbocycles. The molecule has 3 N–H and O–H groups in total. The highest BCUT2D eigenvalue weighted by atomic mass is 19.1. The van der Waals surface area contributed by atoms with Crippen molar-refractivity contribution in [3.8, 4) is 0 Å². The zero-order valence-corrected chi connectivity index (χ0v) is 16.3. The normalized spacial score (nSPS) is 14.8. The molecule has 1 aromatic heterocycles. The van der Waals surface area contributed by atoms with Crippen LogP contribution in [0.4, 0.5) is 15.8 Å². The van der Waals surface area contributed by atoms with Gasteiger partial charge in [-0.2, -0.15) is 0 Å². The van der Waals surface area contributed by atoms with Crippen molar-refractivity contribution in [1.29, 1.82) is 0 Å². The monoisotopic (exact) mass is 382 g/mol. The van der Waals surface area contributed by atoms with Crippen LogP contribution < -0.4 is 10.6 Å². The summed E-state index contributed by atoms with van der Waals surface area (Å²) < 4.78 is 13.6. The summed E-state index contributed by atoms with van der Waals surface area (Å²) in [5.41, 5.74) is 4.42. The van der Waals surface area contributed by atoms with E-state index in [1.807, 2.05) is 32.8 Å². The Morgan fingerprint density at radius 2 is 2.04 bits per heavy atom. The number of carbonyl (C=O) groups excluding carboxylic acids is 2. The summed E-state index contributed by atoms with van der Waals surface area (Å²) in [7, 11) is 3.84. The molecule has 0 saturated carbocycles. The van der Waals surface area contributed by atoms with Gasteiger partial charge in [0.15, 0.2) is 0 Å². The van der Waals surface area contributed by atoms with Crippen LogP contribution in [0.15, 0.2) is 30.4 Å². The number of hydrogen-bond donors (Lipinski definition) is 3. The van der Waals surface area contributed by atoms with E-state index in [1.165, 1.54) is 18.2 Å². The Balaban J connectivity index is 1.88. The number of halogens is 1. The van der Waals surface area contributed by atoms with E-state index in [-0.39, 0.29) is 11.8 Å². The number of hydrogen-bond acceptors (Lipinski definition) is 3. The van der Waals surface area contributed by atoms with Crippen molar-refractivity contribution in [3.05, 3.63) is 58.7 Å². The van der Waals surface area contributed by atoms with Gasteiger partial charge in [0.1, 0.15) is 5.82 Å². The molecule has 146 valence electrons. The third-order valence-corrected chi connectivity index (χ3v) is 4.52. The molecule has 2 heterocycles. The van der Waals surface area contributed by atoms with Crippen molar-refractivity contribution in [2.75, 3.05) is 31.3 Å². The van der Waals surface area contributed by atoms with E-state index in [0.717, 1.165) is 11.3 Å². The van der Waals surface area contributed by atoms with E-state index in [1.54, 1.807) is 18.2 Å². The molecule has 0 radical (unpaired) electrons. The molecule has 1 aliphatic rings. The fourth-order valence-corrected chi connectivity index (χ4v) is 3.09. The number of aromatic nitrogens is 1. The van der Waals surface area contributed by atoms with Gasteiger partial charge in [-0.15, -0.1) is 0 Å². The number of nitrogens with one attached hydrogen (secondary N) is 3. The van der Waals surface area contributed by atoms with Gasteiger partial charge in [-0.3, -0.25) is 9.59 Å². The van der Waals surface area contributed by atoms with Gasteiger partial charge in [0.25, 0.3) is 5.91 Å². The van der Waals surface area contributed by atoms with E-state index < -0.39 is 5.82 Å². The number of carbonyl (C=O) groups is 2. The standard InChI is InChI=1S/C21H23FN4O2/c1-12-18(11-16-15-10-14(22)7-8-17(15)24-21(16)28)23-13(2)20(12)25-19(27)6-5-9-26(3)4/h5-8,10-11,23H,9H2,1-4H3,(H,24,28)(H,25,27)/b6-5+,16-11-. The molecule has 6 nitrogen and oxygen atoms in total. The number of amides is 2. The van der Waals surface area contributed by atoms with E-state index in [0.29, 0.717) is 34.8 Å². The van der Waals surface area contributed by atoms with Crippen LogP contribution in [-0.4, -0.2) is 42.3 Å². The van der Waals surface area contributed by atoms with Gasteiger partial charge in [-0.05, 0) is 57.8 Å². The predicted octanol–water partition coefficient (Wildman–Crippen LogP) is 3.32. The van der Waals surface area contributed by atoms with Crippen molar-refractivity contribution in [2.24, 2.45) is 0 Å². The summed E-state index contributed by atoms with van der Waals surface area (Å²) in [5.74, 6) is -0.917. The highest BCUT2D eigenvalue weighted by Gasteiger charge is 2.25. The number of likely N-dealkylation sites (N-methyl/N-ethyl adjacent to an activating group) is 1. The molecule has 0 fully saturated rings. The smallest absolute Gasteiger partial charge is 0.256 e. The van der Waals surface area contributed by atoms with Crippen LogP contribution in [0.1, 0.15) is 22.5 Å². The maximum absolute atomic E-state index is 13.6. The van der Waals surface area contributed by atoms with E-state index in [2.05, 4.69) is 15.6 Å². The lowest BCUT2D eigenvalue weighted by molar-refractivity contribution is -0.112. The molecule has 0 bridgehead atoms. The Morgan fingerprint density at radius 3 is 2.75 bits per heavy atom. The molecule has 28 heavy (non-hydrogen) atoms. The summed E-state index contributed by atoms with van der Waals surface area (Å²) in [5, 5.41) is 5.60. The van der Waals surface area contributed by atoms with Gasteiger partial charge in [-0.1, -0.05) is 6.08 Å². The van der Waals surface area contributed by atoms with Gasteiger partial charge < -0.3 is 20.5 Å². The molecule has 0 spiro atoms. The molecule has 3 rings (SSSR count). The first-order valence-electron chi connectivity index (χ1n) is 8.90. The summed E-state index contributed by atoms with van der Waals surface area (Å²) >= 11 is 0. The number of anilines is 2. The highest BCUT2D eigenvalue weighted by molar-refractivity contribution is 6.34. The summed E-state index contributed by atoms with van der Waals surface area (Å²) in [6.07, 6.45) is 4.96. The molecule has 0 atom stereocenters. The Bertz CT molecular complexity index is 1000. The fourth-order valence-electron chi connectivity index (χ4n) is 3.09. The van der Waals surface area contributed by atoms with Crippen molar-refractivity contribution in [1.82, 2.24) is 9.88 Å². The fraction of sp³-hybridized carbons (Fsp3) is 0.238. The molecule has 2 amide bonds. The van der Waals surface area contributed by atoms with Crippen LogP contribution in [0.5, 0.6) is 0 Å². The molecular weight excluding hydrogens is 359 g/mol. The van der Waals surface area contributed by atoms with Crippen molar-refractivity contribution >= 4 is 34.8 Å². The molecule has 1 aromatic carbocycles. The Morgan fingerprint density at radius 1 is 1.29 bits per heavy atom. The predicted molar refractivity (Wildman–Crippen MR) is 109 cm³/mol. The number of H-pyrrole nitrogens is 1. The minimum Gasteiger partial charge on any atom is -0.357 e. The number of benzene rings is 1. The van der Waals surface area contributed by atoms with Crippen LogP contribution in [0.3, 0.4) is 0 Å². The first kappa shape index (κ1) is 19.6.